The molecule has 4 heteroatoms. The van der Waals surface area contributed by atoms with Gasteiger partial charge < -0.3 is 5.32 Å². The summed E-state index contributed by atoms with van der Waals surface area (Å²) in [6, 6.07) is 14.3. The summed E-state index contributed by atoms with van der Waals surface area (Å²) in [6.07, 6.45) is 4.58. The highest BCUT2D eigenvalue weighted by atomic mass is 32.2. The van der Waals surface area contributed by atoms with E-state index in [0.29, 0.717) is 17.7 Å². The monoisotopic (exact) mass is 312 g/mol. The number of hydrogen-bond acceptors (Lipinski definition) is 3. The number of benzene rings is 1. The maximum absolute atomic E-state index is 12.2. The lowest BCUT2D eigenvalue weighted by molar-refractivity contribution is -0.122. The molecule has 1 fully saturated rings. The van der Waals surface area contributed by atoms with E-state index in [4.69, 9.17) is 0 Å². The van der Waals surface area contributed by atoms with Gasteiger partial charge in [-0.2, -0.15) is 0 Å². The third-order valence-corrected chi connectivity index (χ3v) is 5.00. The lowest BCUT2D eigenvalue weighted by Gasteiger charge is -2.12. The highest BCUT2D eigenvalue weighted by Crippen LogP contribution is 2.47. The first-order valence-corrected chi connectivity index (χ1v) is 8.51. The third kappa shape index (κ3) is 3.89. The van der Waals surface area contributed by atoms with Crippen LogP contribution < -0.4 is 5.32 Å². The summed E-state index contributed by atoms with van der Waals surface area (Å²) in [5, 5.41) is 3.45. The van der Waals surface area contributed by atoms with Crippen molar-refractivity contribution in [3.63, 3.8) is 0 Å². The van der Waals surface area contributed by atoms with Crippen LogP contribution in [0.3, 0.4) is 0 Å². The smallest absolute Gasteiger partial charge is 0.223 e. The number of amides is 1. The molecule has 1 amide bonds. The summed E-state index contributed by atoms with van der Waals surface area (Å²) in [5.74, 6) is 0.651. The Labute approximate surface area is 135 Å². The van der Waals surface area contributed by atoms with Gasteiger partial charge in [0.15, 0.2) is 0 Å². The number of carbonyl (C=O) groups is 1. The van der Waals surface area contributed by atoms with Gasteiger partial charge in [-0.15, -0.1) is 11.8 Å². The third-order valence-electron chi connectivity index (χ3n) is 3.88. The van der Waals surface area contributed by atoms with Crippen molar-refractivity contribution in [2.24, 2.45) is 5.92 Å². The maximum Gasteiger partial charge on any atom is 0.223 e. The van der Waals surface area contributed by atoms with E-state index in [0.717, 1.165) is 6.42 Å². The molecule has 1 N–H and O–H groups in total. The summed E-state index contributed by atoms with van der Waals surface area (Å²) >= 11 is 1.79. The molecule has 22 heavy (non-hydrogen) atoms. The molecule has 1 aliphatic carbocycles. The molecule has 1 saturated carbocycles. The summed E-state index contributed by atoms with van der Waals surface area (Å²) < 4.78 is 0. The van der Waals surface area contributed by atoms with E-state index in [1.165, 1.54) is 10.5 Å². The maximum atomic E-state index is 12.2. The molecule has 3 nitrogen and oxygen atoms in total. The van der Waals surface area contributed by atoms with Crippen LogP contribution in [0, 0.1) is 5.92 Å². The lowest BCUT2D eigenvalue weighted by Crippen LogP contribution is -2.30. The molecule has 1 aromatic heterocycles. The fraction of sp³-hybridized carbons (Fsp3) is 0.333. The molecule has 1 aromatic carbocycles. The van der Waals surface area contributed by atoms with Gasteiger partial charge in [0.25, 0.3) is 0 Å². The molecular formula is C18H20N2OS. The van der Waals surface area contributed by atoms with Gasteiger partial charge in [-0.25, -0.2) is 0 Å². The van der Waals surface area contributed by atoms with E-state index in [2.05, 4.69) is 35.4 Å². The highest BCUT2D eigenvalue weighted by molar-refractivity contribution is 8.00. The van der Waals surface area contributed by atoms with E-state index >= 15 is 0 Å². The van der Waals surface area contributed by atoms with Crippen molar-refractivity contribution in [1.29, 1.82) is 0 Å². The highest BCUT2D eigenvalue weighted by Gasteiger charge is 2.43. The Morgan fingerprint density at radius 3 is 2.86 bits per heavy atom. The van der Waals surface area contributed by atoms with Crippen LogP contribution in [0.1, 0.15) is 24.8 Å². The molecule has 0 radical (unpaired) electrons. The van der Waals surface area contributed by atoms with Gasteiger partial charge in [0.1, 0.15) is 0 Å². The number of carbonyl (C=O) groups excluding carboxylic acids is 1. The number of thioether (sulfide) groups is 1. The van der Waals surface area contributed by atoms with Crippen LogP contribution in [-0.2, 0) is 4.79 Å². The number of hydrogen-bond donors (Lipinski definition) is 1. The van der Waals surface area contributed by atoms with Crippen LogP contribution in [-0.4, -0.2) is 22.7 Å². The molecule has 1 heterocycles. The van der Waals surface area contributed by atoms with Gasteiger partial charge >= 0.3 is 0 Å². The molecule has 0 spiro atoms. The quantitative estimate of drug-likeness (QED) is 0.830. The minimum Gasteiger partial charge on any atom is -0.355 e. The fourth-order valence-corrected chi connectivity index (χ4v) is 3.54. The van der Waals surface area contributed by atoms with Crippen molar-refractivity contribution in [1.82, 2.24) is 10.3 Å². The van der Waals surface area contributed by atoms with Crippen molar-refractivity contribution in [3.05, 3.63) is 60.4 Å². The first-order chi connectivity index (χ1) is 10.7. The zero-order valence-corrected chi connectivity index (χ0v) is 13.4. The second kappa shape index (κ2) is 6.97. The van der Waals surface area contributed by atoms with Crippen molar-refractivity contribution in [2.45, 2.75) is 29.4 Å². The van der Waals surface area contributed by atoms with Crippen LogP contribution in [0.5, 0.6) is 0 Å². The summed E-state index contributed by atoms with van der Waals surface area (Å²) in [7, 11) is 0. The van der Waals surface area contributed by atoms with Crippen molar-refractivity contribution in [2.75, 3.05) is 6.54 Å². The standard InChI is InChI=1S/C18H20N2OS/c1-13(22-15-7-3-2-4-8-15)11-20-18(21)17-10-16(17)14-6-5-9-19-12-14/h2-9,12-13,16-17H,10-11H2,1H3,(H,20,21). The zero-order chi connectivity index (χ0) is 15.4. The normalized spacial score (nSPS) is 21.1. The Morgan fingerprint density at radius 2 is 2.14 bits per heavy atom. The van der Waals surface area contributed by atoms with Crippen LogP contribution >= 0.6 is 11.8 Å². The predicted molar refractivity (Wildman–Crippen MR) is 89.9 cm³/mol. The van der Waals surface area contributed by atoms with Crippen LogP contribution in [0.25, 0.3) is 0 Å². The zero-order valence-electron chi connectivity index (χ0n) is 12.6. The minimum absolute atomic E-state index is 0.123. The van der Waals surface area contributed by atoms with E-state index in [-0.39, 0.29) is 11.8 Å². The molecule has 3 atom stereocenters. The Kier molecular flexibility index (Phi) is 4.78. The van der Waals surface area contributed by atoms with Gasteiger partial charge in [-0.3, -0.25) is 9.78 Å². The molecule has 0 bridgehead atoms. The first kappa shape index (κ1) is 15.1. The average molecular weight is 312 g/mol. The van der Waals surface area contributed by atoms with E-state index in [1.54, 1.807) is 18.0 Å². The molecule has 0 aliphatic heterocycles. The predicted octanol–water partition coefficient (Wildman–Crippen LogP) is 3.48. The van der Waals surface area contributed by atoms with Crippen LogP contribution in [0.2, 0.25) is 0 Å². The Morgan fingerprint density at radius 1 is 1.32 bits per heavy atom. The fourth-order valence-electron chi connectivity index (χ4n) is 2.60. The van der Waals surface area contributed by atoms with E-state index in [9.17, 15) is 4.79 Å². The largest absolute Gasteiger partial charge is 0.355 e. The summed E-state index contributed by atoms with van der Waals surface area (Å²) in [4.78, 5) is 17.6. The number of rotatable bonds is 6. The minimum atomic E-state index is 0.123. The first-order valence-electron chi connectivity index (χ1n) is 7.63. The van der Waals surface area contributed by atoms with Crippen molar-refractivity contribution in [3.8, 4) is 0 Å². The SMILES string of the molecule is CC(CNC(=O)C1CC1c1cccnc1)Sc1ccccc1. The number of nitrogens with one attached hydrogen (secondary N) is 1. The molecule has 3 rings (SSSR count). The van der Waals surface area contributed by atoms with Gasteiger partial charge in [0, 0.05) is 35.0 Å². The van der Waals surface area contributed by atoms with Gasteiger partial charge in [-0.1, -0.05) is 31.2 Å². The summed E-state index contributed by atoms with van der Waals surface area (Å²) in [6.45, 7) is 2.85. The number of pyridine rings is 1. The number of nitrogens with zero attached hydrogens (tertiary/aromatic N) is 1. The topological polar surface area (TPSA) is 42.0 Å². The lowest BCUT2D eigenvalue weighted by atomic mass is 10.1. The average Bonchev–Trinajstić information content (AvgIpc) is 3.35. The van der Waals surface area contributed by atoms with Gasteiger partial charge in [-0.05, 0) is 36.1 Å². The molecule has 2 aromatic rings. The van der Waals surface area contributed by atoms with Crippen molar-refractivity contribution >= 4 is 17.7 Å². The van der Waals surface area contributed by atoms with Gasteiger partial charge in [0.05, 0.1) is 0 Å². The Bertz CT molecular complexity index is 617. The molecule has 1 aliphatic rings. The second-order valence-electron chi connectivity index (χ2n) is 5.72. The van der Waals surface area contributed by atoms with E-state index in [1.807, 2.05) is 30.5 Å². The Hall–Kier alpha value is -1.81. The molecular weight excluding hydrogens is 292 g/mol. The van der Waals surface area contributed by atoms with Crippen LogP contribution in [0.15, 0.2) is 59.8 Å². The molecule has 3 unspecified atom stereocenters. The molecule has 0 saturated heterocycles. The Balaban J connectivity index is 1.44. The van der Waals surface area contributed by atoms with Crippen molar-refractivity contribution < 1.29 is 4.79 Å². The van der Waals surface area contributed by atoms with E-state index < -0.39 is 0 Å². The van der Waals surface area contributed by atoms with Crippen LogP contribution in [0.4, 0.5) is 0 Å². The van der Waals surface area contributed by atoms with Gasteiger partial charge in [0.2, 0.25) is 5.91 Å². The molecule has 114 valence electrons. The second-order valence-corrected chi connectivity index (χ2v) is 7.23. The summed E-state index contributed by atoms with van der Waals surface area (Å²) in [5.41, 5.74) is 1.18. The number of aromatic nitrogens is 1.